The zero-order chi connectivity index (χ0) is 15.3. The van der Waals surface area contributed by atoms with E-state index < -0.39 is 4.92 Å². The number of nitrogens with one attached hydrogen (secondary N) is 1. The van der Waals surface area contributed by atoms with Crippen LogP contribution in [0, 0.1) is 39.2 Å². The second kappa shape index (κ2) is 6.90. The third-order valence-electron chi connectivity index (χ3n) is 3.58. The summed E-state index contributed by atoms with van der Waals surface area (Å²) >= 11 is 0. The molecule has 108 valence electrons. The van der Waals surface area contributed by atoms with Crippen molar-refractivity contribution in [2.75, 3.05) is 11.9 Å². The van der Waals surface area contributed by atoms with Crippen molar-refractivity contribution in [3.8, 4) is 6.07 Å². The van der Waals surface area contributed by atoms with Crippen LogP contribution in [0.4, 0.5) is 11.4 Å². The first kappa shape index (κ1) is 16.0. The summed E-state index contributed by atoms with van der Waals surface area (Å²) in [7, 11) is 0. The van der Waals surface area contributed by atoms with E-state index in [4.69, 9.17) is 5.26 Å². The molecule has 1 rings (SSSR count). The van der Waals surface area contributed by atoms with Gasteiger partial charge < -0.3 is 5.32 Å². The average molecular weight is 275 g/mol. The fraction of sp³-hybridized carbons (Fsp3) is 0.533. The summed E-state index contributed by atoms with van der Waals surface area (Å²) in [5.74, 6) is 1.55. The number of nitro benzene ring substituents is 1. The lowest BCUT2D eigenvalue weighted by atomic mass is 9.85. The number of non-ortho nitro benzene ring substituents is 1. The topological polar surface area (TPSA) is 79.0 Å². The maximum atomic E-state index is 10.7. The Kier molecular flexibility index (Phi) is 5.51. The van der Waals surface area contributed by atoms with Crippen LogP contribution >= 0.6 is 0 Å². The highest BCUT2D eigenvalue weighted by Gasteiger charge is 2.18. The number of nitrogens with zero attached hydrogens (tertiary/aromatic N) is 2. The van der Waals surface area contributed by atoms with Crippen molar-refractivity contribution in [2.24, 2.45) is 17.8 Å². The first-order valence-corrected chi connectivity index (χ1v) is 6.79. The van der Waals surface area contributed by atoms with Gasteiger partial charge in [-0.15, -0.1) is 0 Å². The molecule has 0 saturated heterocycles. The van der Waals surface area contributed by atoms with Crippen LogP contribution in [0.15, 0.2) is 18.2 Å². The molecule has 0 bridgehead atoms. The molecule has 0 amide bonds. The van der Waals surface area contributed by atoms with Crippen LogP contribution in [-0.2, 0) is 0 Å². The molecule has 0 fully saturated rings. The van der Waals surface area contributed by atoms with Gasteiger partial charge in [-0.05, 0) is 23.8 Å². The number of benzene rings is 1. The van der Waals surface area contributed by atoms with Gasteiger partial charge in [0, 0.05) is 18.7 Å². The van der Waals surface area contributed by atoms with Crippen LogP contribution in [0.25, 0.3) is 0 Å². The van der Waals surface area contributed by atoms with Crippen LogP contribution in [-0.4, -0.2) is 11.5 Å². The lowest BCUT2D eigenvalue weighted by Crippen LogP contribution is -2.24. The summed E-state index contributed by atoms with van der Waals surface area (Å²) < 4.78 is 0. The van der Waals surface area contributed by atoms with Crippen molar-refractivity contribution in [2.45, 2.75) is 27.7 Å². The van der Waals surface area contributed by atoms with Crippen LogP contribution in [0.2, 0.25) is 0 Å². The Balaban J connectivity index is 2.88. The maximum absolute atomic E-state index is 10.7. The van der Waals surface area contributed by atoms with E-state index in [0.717, 1.165) is 6.54 Å². The van der Waals surface area contributed by atoms with Gasteiger partial charge in [-0.25, -0.2) is 0 Å². The molecule has 5 heteroatoms. The summed E-state index contributed by atoms with van der Waals surface area (Å²) in [6.45, 7) is 9.45. The van der Waals surface area contributed by atoms with Gasteiger partial charge in [0.1, 0.15) is 6.07 Å². The lowest BCUT2D eigenvalue weighted by Gasteiger charge is -2.25. The normalized spacial score (nSPS) is 10.9. The summed E-state index contributed by atoms with van der Waals surface area (Å²) in [5.41, 5.74) is 0.909. The summed E-state index contributed by atoms with van der Waals surface area (Å²) in [6.07, 6.45) is 0. The highest BCUT2D eigenvalue weighted by atomic mass is 16.6. The third-order valence-corrected chi connectivity index (χ3v) is 3.58. The Bertz CT molecular complexity index is 510. The Morgan fingerprint density at radius 1 is 1.30 bits per heavy atom. The van der Waals surface area contributed by atoms with Crippen molar-refractivity contribution < 1.29 is 4.92 Å². The van der Waals surface area contributed by atoms with Gasteiger partial charge >= 0.3 is 0 Å². The zero-order valence-corrected chi connectivity index (χ0v) is 12.4. The molecule has 0 radical (unpaired) electrons. The Labute approximate surface area is 119 Å². The maximum Gasteiger partial charge on any atom is 0.270 e. The van der Waals surface area contributed by atoms with Crippen LogP contribution in [0.1, 0.15) is 33.3 Å². The van der Waals surface area contributed by atoms with E-state index in [9.17, 15) is 10.1 Å². The molecule has 0 aliphatic carbocycles. The second-order valence-corrected chi connectivity index (χ2v) is 5.63. The van der Waals surface area contributed by atoms with Gasteiger partial charge in [0.15, 0.2) is 0 Å². The largest absolute Gasteiger partial charge is 0.384 e. The van der Waals surface area contributed by atoms with E-state index in [1.165, 1.54) is 12.1 Å². The van der Waals surface area contributed by atoms with Gasteiger partial charge in [0.05, 0.1) is 16.2 Å². The SMILES string of the molecule is CC(C)C(CNc1ccc([N+](=O)[O-])cc1C#N)C(C)C. The van der Waals surface area contributed by atoms with Gasteiger partial charge in [-0.1, -0.05) is 27.7 Å². The summed E-state index contributed by atoms with van der Waals surface area (Å²) in [4.78, 5) is 10.2. The zero-order valence-electron chi connectivity index (χ0n) is 12.4. The highest BCUT2D eigenvalue weighted by molar-refractivity contribution is 5.61. The molecule has 0 saturated carbocycles. The lowest BCUT2D eigenvalue weighted by molar-refractivity contribution is -0.384. The summed E-state index contributed by atoms with van der Waals surface area (Å²) in [5, 5.41) is 23.0. The van der Waals surface area contributed by atoms with Crippen molar-refractivity contribution in [3.63, 3.8) is 0 Å². The Morgan fingerprint density at radius 3 is 2.35 bits per heavy atom. The minimum atomic E-state index is -0.490. The number of hydrogen-bond acceptors (Lipinski definition) is 4. The molecular formula is C15H21N3O2. The molecule has 0 atom stereocenters. The molecule has 0 aromatic heterocycles. The van der Waals surface area contributed by atoms with Crippen LogP contribution in [0.3, 0.4) is 0 Å². The molecule has 0 aliphatic rings. The molecule has 1 aromatic rings. The number of anilines is 1. The van der Waals surface area contributed by atoms with E-state index >= 15 is 0 Å². The average Bonchev–Trinajstić information content (AvgIpc) is 2.37. The quantitative estimate of drug-likeness (QED) is 0.632. The Morgan fingerprint density at radius 2 is 1.90 bits per heavy atom. The molecule has 5 nitrogen and oxygen atoms in total. The van der Waals surface area contributed by atoms with E-state index in [1.54, 1.807) is 6.07 Å². The molecule has 0 unspecified atom stereocenters. The Hall–Kier alpha value is -2.09. The number of nitro groups is 1. The highest BCUT2D eigenvalue weighted by Crippen LogP contribution is 2.24. The minimum absolute atomic E-state index is 0.0589. The van der Waals surface area contributed by atoms with Crippen molar-refractivity contribution in [1.82, 2.24) is 0 Å². The van der Waals surface area contributed by atoms with Crippen LogP contribution < -0.4 is 5.32 Å². The number of nitriles is 1. The molecule has 20 heavy (non-hydrogen) atoms. The number of rotatable bonds is 6. The standard InChI is InChI=1S/C15H21N3O2/c1-10(2)14(11(3)4)9-17-15-6-5-13(18(19)20)7-12(15)8-16/h5-7,10-11,14,17H,9H2,1-4H3. The van der Waals surface area contributed by atoms with Crippen molar-refractivity contribution in [1.29, 1.82) is 5.26 Å². The van der Waals surface area contributed by atoms with Crippen LogP contribution in [0.5, 0.6) is 0 Å². The first-order chi connectivity index (χ1) is 9.36. The first-order valence-electron chi connectivity index (χ1n) is 6.79. The van der Waals surface area contributed by atoms with Gasteiger partial charge in [-0.3, -0.25) is 10.1 Å². The fourth-order valence-corrected chi connectivity index (χ4v) is 2.36. The number of hydrogen-bond donors (Lipinski definition) is 1. The predicted octanol–water partition coefficient (Wildman–Crippen LogP) is 3.81. The minimum Gasteiger partial charge on any atom is -0.384 e. The predicted molar refractivity (Wildman–Crippen MR) is 79.5 cm³/mol. The van der Waals surface area contributed by atoms with E-state index in [0.29, 0.717) is 29.0 Å². The van der Waals surface area contributed by atoms with Crippen molar-refractivity contribution >= 4 is 11.4 Å². The van der Waals surface area contributed by atoms with E-state index in [1.807, 2.05) is 6.07 Å². The molecule has 0 aliphatic heterocycles. The van der Waals surface area contributed by atoms with Gasteiger partial charge in [0.25, 0.3) is 5.69 Å². The smallest absolute Gasteiger partial charge is 0.270 e. The molecule has 0 spiro atoms. The third kappa shape index (κ3) is 3.95. The van der Waals surface area contributed by atoms with E-state index in [2.05, 4.69) is 33.0 Å². The molecule has 1 aromatic carbocycles. The monoisotopic (exact) mass is 275 g/mol. The van der Waals surface area contributed by atoms with E-state index in [-0.39, 0.29) is 5.69 Å². The van der Waals surface area contributed by atoms with Gasteiger partial charge in [-0.2, -0.15) is 5.26 Å². The fourth-order valence-electron chi connectivity index (χ4n) is 2.36. The van der Waals surface area contributed by atoms with Crippen molar-refractivity contribution in [3.05, 3.63) is 33.9 Å². The molecular weight excluding hydrogens is 254 g/mol. The second-order valence-electron chi connectivity index (χ2n) is 5.63. The molecule has 1 N–H and O–H groups in total. The van der Waals surface area contributed by atoms with Gasteiger partial charge in [0.2, 0.25) is 0 Å². The molecule has 0 heterocycles. The summed E-state index contributed by atoms with van der Waals surface area (Å²) in [6, 6.07) is 6.34.